The summed E-state index contributed by atoms with van der Waals surface area (Å²) >= 11 is 0. The summed E-state index contributed by atoms with van der Waals surface area (Å²) in [7, 11) is 0. The van der Waals surface area contributed by atoms with E-state index in [0.717, 1.165) is 25.8 Å². The van der Waals surface area contributed by atoms with Crippen molar-refractivity contribution in [3.63, 3.8) is 0 Å². The van der Waals surface area contributed by atoms with Crippen LogP contribution in [-0.2, 0) is 4.79 Å². The van der Waals surface area contributed by atoms with Crippen molar-refractivity contribution in [2.45, 2.75) is 44.8 Å². The molecule has 1 aliphatic heterocycles. The normalized spacial score (nSPS) is 25.3. The first-order valence-corrected chi connectivity index (χ1v) is 5.39. The van der Waals surface area contributed by atoms with E-state index in [2.05, 4.69) is 10.6 Å². The molecule has 0 aromatic rings. The molecule has 1 rings (SSSR count). The first-order valence-electron chi connectivity index (χ1n) is 5.39. The van der Waals surface area contributed by atoms with Gasteiger partial charge >= 0.3 is 0 Å². The van der Waals surface area contributed by atoms with Gasteiger partial charge in [-0.3, -0.25) is 4.79 Å². The van der Waals surface area contributed by atoms with E-state index >= 15 is 0 Å². The van der Waals surface area contributed by atoms with Crippen LogP contribution in [-0.4, -0.2) is 36.2 Å². The highest BCUT2D eigenvalue weighted by molar-refractivity contribution is 5.81. The minimum atomic E-state index is -0.295. The van der Waals surface area contributed by atoms with Gasteiger partial charge in [-0.15, -0.1) is 0 Å². The predicted octanol–water partition coefficient (Wildman–Crippen LogP) is 0.0156. The second-order valence-corrected chi connectivity index (χ2v) is 3.93. The zero-order chi connectivity index (χ0) is 10.4. The van der Waals surface area contributed by atoms with Crippen LogP contribution in [0.2, 0.25) is 0 Å². The lowest BCUT2D eigenvalue weighted by molar-refractivity contribution is -0.122. The van der Waals surface area contributed by atoms with Gasteiger partial charge in [-0.2, -0.15) is 0 Å². The molecule has 3 N–H and O–H groups in total. The summed E-state index contributed by atoms with van der Waals surface area (Å²) in [5.41, 5.74) is 0. The van der Waals surface area contributed by atoms with E-state index in [1.54, 1.807) is 6.92 Å². The molecule has 0 aromatic carbocycles. The molecule has 1 heterocycles. The maximum atomic E-state index is 11.5. The Kier molecular flexibility index (Phi) is 4.90. The van der Waals surface area contributed by atoms with Gasteiger partial charge in [0, 0.05) is 6.54 Å². The van der Waals surface area contributed by atoms with E-state index < -0.39 is 0 Å². The van der Waals surface area contributed by atoms with E-state index in [1.165, 1.54) is 0 Å². The summed E-state index contributed by atoms with van der Waals surface area (Å²) < 4.78 is 0. The highest BCUT2D eigenvalue weighted by atomic mass is 16.3. The molecule has 2 unspecified atom stereocenters. The van der Waals surface area contributed by atoms with Gasteiger partial charge in [0.05, 0.1) is 12.1 Å². The summed E-state index contributed by atoms with van der Waals surface area (Å²) in [5.74, 6) is 0.105. The minimum absolute atomic E-state index is 0.0590. The van der Waals surface area contributed by atoms with Crippen molar-refractivity contribution in [2.75, 3.05) is 13.1 Å². The fraction of sp³-hybridized carbons (Fsp3) is 0.900. The van der Waals surface area contributed by atoms with Crippen LogP contribution in [0.25, 0.3) is 0 Å². The van der Waals surface area contributed by atoms with Crippen LogP contribution in [0.4, 0.5) is 0 Å². The summed E-state index contributed by atoms with van der Waals surface area (Å²) in [6, 6.07) is -0.0590. The van der Waals surface area contributed by atoms with Crippen LogP contribution in [0.1, 0.15) is 32.6 Å². The Morgan fingerprint density at radius 2 is 2.43 bits per heavy atom. The molecule has 1 amide bonds. The average Bonchev–Trinajstić information content (AvgIpc) is 2.31. The van der Waals surface area contributed by atoms with Gasteiger partial charge in [-0.1, -0.05) is 0 Å². The lowest BCUT2D eigenvalue weighted by Crippen LogP contribution is -2.43. The number of hydrogen-bond acceptors (Lipinski definition) is 3. The van der Waals surface area contributed by atoms with Gasteiger partial charge in [-0.05, 0) is 39.2 Å². The summed E-state index contributed by atoms with van der Waals surface area (Å²) in [5, 5.41) is 15.1. The van der Waals surface area contributed by atoms with Gasteiger partial charge in [0.15, 0.2) is 0 Å². The summed E-state index contributed by atoms with van der Waals surface area (Å²) in [4.78, 5) is 11.5. The molecular weight excluding hydrogens is 180 g/mol. The first kappa shape index (κ1) is 11.5. The molecule has 82 valence electrons. The van der Waals surface area contributed by atoms with Gasteiger partial charge in [0.25, 0.3) is 0 Å². The van der Waals surface area contributed by atoms with Crippen molar-refractivity contribution in [1.29, 1.82) is 0 Å². The second-order valence-electron chi connectivity index (χ2n) is 3.93. The van der Waals surface area contributed by atoms with Gasteiger partial charge in [0.2, 0.25) is 5.91 Å². The number of nitrogens with one attached hydrogen (secondary N) is 2. The zero-order valence-corrected chi connectivity index (χ0v) is 8.75. The Hall–Kier alpha value is -0.610. The molecule has 0 saturated carbocycles. The smallest absolute Gasteiger partial charge is 0.237 e. The average molecular weight is 200 g/mol. The van der Waals surface area contributed by atoms with Gasteiger partial charge in [-0.25, -0.2) is 0 Å². The molecule has 1 saturated heterocycles. The standard InChI is InChI=1S/C10H20N2O2/c1-8(13)5-7-11-9-4-2-3-6-12-10(9)14/h8-9,11,13H,2-7H2,1H3,(H,12,14). The van der Waals surface area contributed by atoms with Crippen LogP contribution in [0.5, 0.6) is 0 Å². The molecule has 0 aromatic heterocycles. The third-order valence-electron chi connectivity index (χ3n) is 2.49. The molecule has 2 atom stereocenters. The van der Waals surface area contributed by atoms with Crippen LogP contribution in [0, 0.1) is 0 Å². The molecule has 0 spiro atoms. The van der Waals surface area contributed by atoms with Crippen LogP contribution < -0.4 is 10.6 Å². The molecule has 0 bridgehead atoms. The Balaban J connectivity index is 2.23. The second kappa shape index (κ2) is 5.98. The van der Waals surface area contributed by atoms with E-state index in [4.69, 9.17) is 5.11 Å². The number of aliphatic hydroxyl groups is 1. The number of amides is 1. The molecule has 1 aliphatic rings. The van der Waals surface area contributed by atoms with Crippen molar-refractivity contribution in [2.24, 2.45) is 0 Å². The quantitative estimate of drug-likeness (QED) is 0.599. The van der Waals surface area contributed by atoms with Gasteiger partial charge < -0.3 is 15.7 Å². The lowest BCUT2D eigenvalue weighted by atomic mass is 10.1. The zero-order valence-electron chi connectivity index (χ0n) is 8.75. The van der Waals surface area contributed by atoms with E-state index in [9.17, 15) is 4.79 Å². The molecule has 1 fully saturated rings. The SMILES string of the molecule is CC(O)CCNC1CCCCNC1=O. The Labute approximate surface area is 85.1 Å². The van der Waals surface area contributed by atoms with Crippen LogP contribution in [0.3, 0.4) is 0 Å². The Morgan fingerprint density at radius 1 is 1.64 bits per heavy atom. The highest BCUT2D eigenvalue weighted by Crippen LogP contribution is 2.05. The molecule has 4 nitrogen and oxygen atoms in total. The van der Waals surface area contributed by atoms with E-state index in [0.29, 0.717) is 13.0 Å². The topological polar surface area (TPSA) is 61.4 Å². The largest absolute Gasteiger partial charge is 0.393 e. The lowest BCUT2D eigenvalue weighted by Gasteiger charge is -2.15. The number of carbonyl (C=O) groups is 1. The summed E-state index contributed by atoms with van der Waals surface area (Å²) in [6.07, 6.45) is 3.47. The minimum Gasteiger partial charge on any atom is -0.393 e. The maximum Gasteiger partial charge on any atom is 0.237 e. The first-order chi connectivity index (χ1) is 6.70. The van der Waals surface area contributed by atoms with Gasteiger partial charge in [0.1, 0.15) is 0 Å². The number of hydrogen-bond donors (Lipinski definition) is 3. The third kappa shape index (κ3) is 4.07. The molecular formula is C10H20N2O2. The number of aliphatic hydroxyl groups excluding tert-OH is 1. The Bertz CT molecular complexity index is 183. The van der Waals surface area contributed by atoms with Crippen molar-refractivity contribution >= 4 is 5.91 Å². The van der Waals surface area contributed by atoms with E-state index in [-0.39, 0.29) is 18.1 Å². The fourth-order valence-electron chi connectivity index (χ4n) is 1.60. The molecule has 0 aliphatic carbocycles. The predicted molar refractivity (Wildman–Crippen MR) is 54.9 cm³/mol. The molecule has 14 heavy (non-hydrogen) atoms. The van der Waals surface area contributed by atoms with Crippen molar-refractivity contribution in [1.82, 2.24) is 10.6 Å². The highest BCUT2D eigenvalue weighted by Gasteiger charge is 2.19. The number of carbonyl (C=O) groups excluding carboxylic acids is 1. The molecule has 0 radical (unpaired) electrons. The number of rotatable bonds is 4. The third-order valence-corrected chi connectivity index (χ3v) is 2.49. The molecule has 4 heteroatoms. The van der Waals surface area contributed by atoms with Crippen molar-refractivity contribution < 1.29 is 9.90 Å². The fourth-order valence-corrected chi connectivity index (χ4v) is 1.60. The Morgan fingerprint density at radius 3 is 3.14 bits per heavy atom. The summed E-state index contributed by atoms with van der Waals surface area (Å²) in [6.45, 7) is 3.26. The van der Waals surface area contributed by atoms with E-state index in [1.807, 2.05) is 0 Å². The maximum absolute atomic E-state index is 11.5. The van der Waals surface area contributed by atoms with Crippen molar-refractivity contribution in [3.05, 3.63) is 0 Å². The van der Waals surface area contributed by atoms with Crippen molar-refractivity contribution in [3.8, 4) is 0 Å². The van der Waals surface area contributed by atoms with Crippen LogP contribution >= 0.6 is 0 Å². The monoisotopic (exact) mass is 200 g/mol. The van der Waals surface area contributed by atoms with Crippen LogP contribution in [0.15, 0.2) is 0 Å².